The van der Waals surface area contributed by atoms with Gasteiger partial charge >= 0.3 is 0 Å². The Labute approximate surface area is 120 Å². The van der Waals surface area contributed by atoms with Gasteiger partial charge in [-0.05, 0) is 56.9 Å². The van der Waals surface area contributed by atoms with Gasteiger partial charge in [0.15, 0.2) is 0 Å². The molecule has 2 heteroatoms. The Kier molecular flexibility index (Phi) is 5.70. The van der Waals surface area contributed by atoms with Crippen LogP contribution in [0.1, 0.15) is 71.6 Å². The summed E-state index contributed by atoms with van der Waals surface area (Å²) in [6, 6.07) is 0. The van der Waals surface area contributed by atoms with Crippen LogP contribution in [0, 0.1) is 11.8 Å². The minimum atomic E-state index is 0.336. The molecule has 2 saturated carbocycles. The lowest BCUT2D eigenvalue weighted by atomic mass is 9.86. The molecule has 2 atom stereocenters. The molecule has 0 aromatic rings. The maximum absolute atomic E-state index is 6.28. The third kappa shape index (κ3) is 3.95. The van der Waals surface area contributed by atoms with E-state index in [0.717, 1.165) is 18.4 Å². The molecule has 0 radical (unpaired) electrons. The van der Waals surface area contributed by atoms with Crippen LogP contribution in [0.25, 0.3) is 0 Å². The smallest absolute Gasteiger partial charge is 0.0331 e. The molecule has 0 spiro atoms. The maximum atomic E-state index is 6.28. The zero-order valence-electron chi connectivity index (χ0n) is 13.2. The Morgan fingerprint density at radius 2 is 1.84 bits per heavy atom. The van der Waals surface area contributed by atoms with E-state index in [2.05, 4.69) is 18.7 Å². The molecule has 0 aromatic carbocycles. The predicted octanol–water partition coefficient (Wildman–Crippen LogP) is 3.80. The minimum absolute atomic E-state index is 0.336. The molecule has 2 nitrogen and oxygen atoms in total. The first-order valence-electron chi connectivity index (χ1n) is 8.69. The van der Waals surface area contributed by atoms with Crippen LogP contribution in [0.3, 0.4) is 0 Å². The number of hydrogen-bond donors (Lipinski definition) is 1. The largest absolute Gasteiger partial charge is 0.329 e. The van der Waals surface area contributed by atoms with Crippen molar-refractivity contribution in [1.82, 2.24) is 4.90 Å². The van der Waals surface area contributed by atoms with E-state index >= 15 is 0 Å². The SMILES string of the molecule is CCCN(CC1CC1)C1(CN)CCCC(CC)CC1. The van der Waals surface area contributed by atoms with E-state index in [1.54, 1.807) is 0 Å². The summed E-state index contributed by atoms with van der Waals surface area (Å²) in [5.41, 5.74) is 6.62. The van der Waals surface area contributed by atoms with Crippen molar-refractivity contribution in [3.63, 3.8) is 0 Å². The number of nitrogens with zero attached hydrogens (tertiary/aromatic N) is 1. The van der Waals surface area contributed by atoms with Crippen molar-refractivity contribution in [3.05, 3.63) is 0 Å². The molecular weight excluding hydrogens is 232 g/mol. The molecule has 0 saturated heterocycles. The first-order valence-corrected chi connectivity index (χ1v) is 8.69. The Morgan fingerprint density at radius 3 is 2.42 bits per heavy atom. The van der Waals surface area contributed by atoms with E-state index in [0.29, 0.717) is 5.54 Å². The van der Waals surface area contributed by atoms with Gasteiger partial charge in [0.25, 0.3) is 0 Å². The third-order valence-electron chi connectivity index (χ3n) is 5.57. The molecule has 112 valence electrons. The van der Waals surface area contributed by atoms with Crippen molar-refractivity contribution >= 4 is 0 Å². The zero-order chi connectivity index (χ0) is 13.7. The quantitative estimate of drug-likeness (QED) is 0.710. The van der Waals surface area contributed by atoms with Crippen molar-refractivity contribution in [2.24, 2.45) is 17.6 Å². The van der Waals surface area contributed by atoms with E-state index in [-0.39, 0.29) is 0 Å². The molecule has 0 amide bonds. The first kappa shape index (κ1) is 15.3. The molecule has 0 aromatic heterocycles. The summed E-state index contributed by atoms with van der Waals surface area (Å²) in [4.78, 5) is 2.79. The lowest BCUT2D eigenvalue weighted by Crippen LogP contribution is -2.54. The van der Waals surface area contributed by atoms with Crippen molar-refractivity contribution in [2.75, 3.05) is 19.6 Å². The van der Waals surface area contributed by atoms with Crippen LogP contribution in [0.15, 0.2) is 0 Å². The van der Waals surface area contributed by atoms with Crippen molar-refractivity contribution < 1.29 is 0 Å². The van der Waals surface area contributed by atoms with Gasteiger partial charge in [-0.25, -0.2) is 0 Å². The molecule has 2 unspecified atom stereocenters. The van der Waals surface area contributed by atoms with Gasteiger partial charge in [0.2, 0.25) is 0 Å². The van der Waals surface area contributed by atoms with Crippen molar-refractivity contribution in [3.8, 4) is 0 Å². The molecule has 2 rings (SSSR count). The van der Waals surface area contributed by atoms with Crippen molar-refractivity contribution in [1.29, 1.82) is 0 Å². The molecule has 19 heavy (non-hydrogen) atoms. The Balaban J connectivity index is 2.03. The van der Waals surface area contributed by atoms with Gasteiger partial charge in [-0.3, -0.25) is 4.90 Å². The van der Waals surface area contributed by atoms with Crippen molar-refractivity contribution in [2.45, 2.75) is 77.2 Å². The van der Waals surface area contributed by atoms with Gasteiger partial charge < -0.3 is 5.73 Å². The number of rotatable bonds is 7. The monoisotopic (exact) mass is 266 g/mol. The zero-order valence-corrected chi connectivity index (χ0v) is 13.2. The van der Waals surface area contributed by atoms with Crippen LogP contribution >= 0.6 is 0 Å². The second-order valence-electron chi connectivity index (χ2n) is 7.02. The van der Waals surface area contributed by atoms with Crippen LogP contribution in [0.4, 0.5) is 0 Å². The summed E-state index contributed by atoms with van der Waals surface area (Å²) >= 11 is 0. The second-order valence-corrected chi connectivity index (χ2v) is 7.02. The van der Waals surface area contributed by atoms with E-state index in [1.807, 2.05) is 0 Å². The maximum Gasteiger partial charge on any atom is 0.0331 e. The molecule has 2 N–H and O–H groups in total. The fourth-order valence-electron chi connectivity index (χ4n) is 3.92. The highest BCUT2D eigenvalue weighted by atomic mass is 15.2. The lowest BCUT2D eigenvalue weighted by molar-refractivity contribution is 0.0715. The fourth-order valence-corrected chi connectivity index (χ4v) is 3.92. The van der Waals surface area contributed by atoms with Crippen LogP contribution in [0.5, 0.6) is 0 Å². The van der Waals surface area contributed by atoms with Crippen LogP contribution in [-0.2, 0) is 0 Å². The molecular formula is C17H34N2. The van der Waals surface area contributed by atoms with Crippen LogP contribution < -0.4 is 5.73 Å². The first-order chi connectivity index (χ1) is 9.24. The van der Waals surface area contributed by atoms with Gasteiger partial charge in [0, 0.05) is 18.6 Å². The Bertz CT molecular complexity index is 262. The Morgan fingerprint density at radius 1 is 1.05 bits per heavy atom. The van der Waals surface area contributed by atoms with E-state index in [4.69, 9.17) is 5.73 Å². The highest BCUT2D eigenvalue weighted by molar-refractivity contribution is 4.96. The summed E-state index contributed by atoms with van der Waals surface area (Å²) in [5.74, 6) is 1.94. The number of hydrogen-bond acceptors (Lipinski definition) is 2. The molecule has 0 bridgehead atoms. The van der Waals surface area contributed by atoms with E-state index in [9.17, 15) is 0 Å². The molecule has 2 aliphatic carbocycles. The Hall–Kier alpha value is -0.0800. The fraction of sp³-hybridized carbons (Fsp3) is 1.00. The highest BCUT2D eigenvalue weighted by Gasteiger charge is 2.39. The van der Waals surface area contributed by atoms with Gasteiger partial charge in [-0.2, -0.15) is 0 Å². The van der Waals surface area contributed by atoms with E-state index < -0.39 is 0 Å². The normalized spacial score (nSPS) is 32.5. The third-order valence-corrected chi connectivity index (χ3v) is 5.57. The summed E-state index contributed by atoms with van der Waals surface area (Å²) in [6.07, 6.45) is 12.4. The van der Waals surface area contributed by atoms with Gasteiger partial charge in [-0.15, -0.1) is 0 Å². The minimum Gasteiger partial charge on any atom is -0.329 e. The van der Waals surface area contributed by atoms with E-state index in [1.165, 1.54) is 70.9 Å². The lowest BCUT2D eigenvalue weighted by Gasteiger charge is -2.43. The van der Waals surface area contributed by atoms with Crippen LogP contribution in [-0.4, -0.2) is 30.1 Å². The summed E-state index contributed by atoms with van der Waals surface area (Å²) in [7, 11) is 0. The molecule has 0 heterocycles. The topological polar surface area (TPSA) is 29.3 Å². The van der Waals surface area contributed by atoms with Gasteiger partial charge in [0.05, 0.1) is 0 Å². The summed E-state index contributed by atoms with van der Waals surface area (Å²) < 4.78 is 0. The average molecular weight is 266 g/mol. The van der Waals surface area contributed by atoms with Crippen LogP contribution in [0.2, 0.25) is 0 Å². The number of nitrogens with two attached hydrogens (primary N) is 1. The summed E-state index contributed by atoms with van der Waals surface area (Å²) in [6.45, 7) is 8.12. The predicted molar refractivity (Wildman–Crippen MR) is 83.2 cm³/mol. The van der Waals surface area contributed by atoms with Gasteiger partial charge in [-0.1, -0.05) is 33.1 Å². The average Bonchev–Trinajstić information content (AvgIpc) is 3.24. The molecule has 0 aliphatic heterocycles. The standard InChI is InChI=1S/C17H34N2/c1-3-12-19(13-16-7-8-16)17(14-18)10-5-6-15(4-2)9-11-17/h15-16H,3-14,18H2,1-2H3. The molecule has 2 fully saturated rings. The summed E-state index contributed by atoms with van der Waals surface area (Å²) in [5, 5.41) is 0. The second kappa shape index (κ2) is 7.08. The molecule has 2 aliphatic rings. The van der Waals surface area contributed by atoms with Gasteiger partial charge in [0.1, 0.15) is 0 Å². The highest BCUT2D eigenvalue weighted by Crippen LogP contribution is 2.38.